The summed E-state index contributed by atoms with van der Waals surface area (Å²) in [6.45, 7) is 2.78. The lowest BCUT2D eigenvalue weighted by Gasteiger charge is -2.31. The van der Waals surface area contributed by atoms with E-state index in [2.05, 4.69) is 16.2 Å². The molecule has 2 aromatic rings. The molecule has 2 aromatic heterocycles. The molecular formula is C11H10N4O. The predicted octanol–water partition coefficient (Wildman–Crippen LogP) is 0.829. The van der Waals surface area contributed by atoms with E-state index in [1.807, 2.05) is 25.3 Å². The normalized spacial score (nSPS) is 18.0. The molecule has 0 bridgehead atoms. The molecule has 0 saturated carbocycles. The van der Waals surface area contributed by atoms with E-state index in [-0.39, 0.29) is 0 Å². The van der Waals surface area contributed by atoms with Crippen LogP contribution in [0.25, 0.3) is 5.65 Å². The van der Waals surface area contributed by atoms with Crippen molar-refractivity contribution >= 4 is 5.65 Å². The van der Waals surface area contributed by atoms with Gasteiger partial charge in [-0.3, -0.25) is 0 Å². The topological polar surface area (TPSA) is 63.2 Å². The van der Waals surface area contributed by atoms with Crippen LogP contribution in [0.1, 0.15) is 11.4 Å². The van der Waals surface area contributed by atoms with Gasteiger partial charge in [0, 0.05) is 6.20 Å². The monoisotopic (exact) mass is 214 g/mol. The SMILES string of the molecule is Cc1ccn2nc(C3(C#N)COC3)nc2c1. The Labute approximate surface area is 92.3 Å². The first-order valence-electron chi connectivity index (χ1n) is 5.06. The highest BCUT2D eigenvalue weighted by atomic mass is 16.5. The summed E-state index contributed by atoms with van der Waals surface area (Å²) >= 11 is 0. The van der Waals surface area contributed by atoms with Crippen LogP contribution in [0.15, 0.2) is 18.3 Å². The molecule has 1 saturated heterocycles. The lowest BCUT2D eigenvalue weighted by Crippen LogP contribution is -2.46. The Morgan fingerprint density at radius 3 is 3.00 bits per heavy atom. The summed E-state index contributed by atoms with van der Waals surface area (Å²) in [6, 6.07) is 6.15. The Balaban J connectivity index is 2.16. The van der Waals surface area contributed by atoms with E-state index in [9.17, 15) is 0 Å². The first-order valence-corrected chi connectivity index (χ1v) is 5.06. The zero-order valence-electron chi connectivity index (χ0n) is 8.84. The quantitative estimate of drug-likeness (QED) is 0.705. The Kier molecular flexibility index (Phi) is 1.76. The zero-order chi connectivity index (χ0) is 11.2. The van der Waals surface area contributed by atoms with E-state index in [0.717, 1.165) is 11.2 Å². The third kappa shape index (κ3) is 1.14. The molecule has 3 rings (SSSR count). The van der Waals surface area contributed by atoms with Crippen LogP contribution in [-0.4, -0.2) is 27.8 Å². The Bertz CT molecular complexity index is 592. The number of ether oxygens (including phenoxy) is 1. The van der Waals surface area contributed by atoms with Gasteiger partial charge in [-0.25, -0.2) is 9.50 Å². The number of nitrogens with zero attached hydrogens (tertiary/aromatic N) is 4. The second-order valence-electron chi connectivity index (χ2n) is 4.13. The number of aryl methyl sites for hydroxylation is 1. The minimum absolute atomic E-state index is 0.388. The largest absolute Gasteiger partial charge is 0.377 e. The van der Waals surface area contributed by atoms with E-state index >= 15 is 0 Å². The lowest BCUT2D eigenvalue weighted by molar-refractivity contribution is -0.0337. The zero-order valence-corrected chi connectivity index (χ0v) is 8.84. The Morgan fingerprint density at radius 2 is 2.38 bits per heavy atom. The van der Waals surface area contributed by atoms with Crippen molar-refractivity contribution in [2.24, 2.45) is 0 Å². The van der Waals surface area contributed by atoms with Crippen molar-refractivity contribution in [2.75, 3.05) is 13.2 Å². The van der Waals surface area contributed by atoms with E-state index in [4.69, 9.17) is 10.00 Å². The Morgan fingerprint density at radius 1 is 1.56 bits per heavy atom. The summed E-state index contributed by atoms with van der Waals surface area (Å²) in [6.07, 6.45) is 1.85. The van der Waals surface area contributed by atoms with Crippen molar-refractivity contribution in [3.8, 4) is 6.07 Å². The summed E-state index contributed by atoms with van der Waals surface area (Å²) in [7, 11) is 0. The molecule has 1 aliphatic rings. The molecule has 5 heteroatoms. The summed E-state index contributed by atoms with van der Waals surface area (Å²) in [5.74, 6) is 0.562. The van der Waals surface area contributed by atoms with Gasteiger partial charge < -0.3 is 4.74 Å². The van der Waals surface area contributed by atoms with Gasteiger partial charge in [-0.05, 0) is 24.6 Å². The number of aromatic nitrogens is 3. The molecule has 1 aliphatic heterocycles. The van der Waals surface area contributed by atoms with Gasteiger partial charge in [-0.1, -0.05) is 0 Å². The van der Waals surface area contributed by atoms with E-state index in [1.165, 1.54) is 0 Å². The number of nitriles is 1. The first kappa shape index (κ1) is 9.31. The van der Waals surface area contributed by atoms with Gasteiger partial charge in [-0.15, -0.1) is 5.10 Å². The Hall–Kier alpha value is -1.93. The van der Waals surface area contributed by atoms with Crippen molar-refractivity contribution in [3.05, 3.63) is 29.7 Å². The number of pyridine rings is 1. The van der Waals surface area contributed by atoms with Crippen molar-refractivity contribution in [1.29, 1.82) is 5.26 Å². The molecule has 0 N–H and O–H groups in total. The van der Waals surface area contributed by atoms with Crippen LogP contribution in [0.5, 0.6) is 0 Å². The number of hydrogen-bond acceptors (Lipinski definition) is 4. The van der Waals surface area contributed by atoms with Gasteiger partial charge in [0.25, 0.3) is 0 Å². The van der Waals surface area contributed by atoms with Gasteiger partial charge in [0.15, 0.2) is 16.9 Å². The molecule has 0 aromatic carbocycles. The molecule has 80 valence electrons. The highest BCUT2D eigenvalue weighted by Crippen LogP contribution is 2.29. The molecule has 0 aliphatic carbocycles. The number of rotatable bonds is 1. The van der Waals surface area contributed by atoms with Crippen molar-refractivity contribution in [2.45, 2.75) is 12.3 Å². The fourth-order valence-electron chi connectivity index (χ4n) is 1.74. The molecule has 3 heterocycles. The van der Waals surface area contributed by atoms with E-state index in [1.54, 1.807) is 4.52 Å². The van der Waals surface area contributed by atoms with Gasteiger partial charge in [0.2, 0.25) is 0 Å². The number of hydrogen-bond donors (Lipinski definition) is 0. The highest BCUT2D eigenvalue weighted by molar-refractivity contribution is 5.42. The van der Waals surface area contributed by atoms with Gasteiger partial charge >= 0.3 is 0 Å². The van der Waals surface area contributed by atoms with Crippen LogP contribution in [0.2, 0.25) is 0 Å². The minimum atomic E-state index is -0.639. The lowest BCUT2D eigenvalue weighted by atomic mass is 9.87. The molecule has 0 spiro atoms. The van der Waals surface area contributed by atoms with Crippen LogP contribution in [0, 0.1) is 18.3 Å². The van der Waals surface area contributed by atoms with Crippen LogP contribution in [-0.2, 0) is 10.2 Å². The smallest absolute Gasteiger partial charge is 0.176 e. The average Bonchev–Trinajstić information content (AvgIpc) is 2.60. The van der Waals surface area contributed by atoms with Crippen LogP contribution in [0.4, 0.5) is 0 Å². The average molecular weight is 214 g/mol. The van der Waals surface area contributed by atoms with Gasteiger partial charge in [0.05, 0.1) is 19.3 Å². The van der Waals surface area contributed by atoms with E-state index in [0.29, 0.717) is 19.0 Å². The summed E-state index contributed by atoms with van der Waals surface area (Å²) in [5.41, 5.74) is 1.26. The maximum absolute atomic E-state index is 9.15. The molecule has 5 nitrogen and oxygen atoms in total. The van der Waals surface area contributed by atoms with Crippen LogP contribution in [0.3, 0.4) is 0 Å². The third-order valence-electron chi connectivity index (χ3n) is 2.83. The van der Waals surface area contributed by atoms with Gasteiger partial charge in [-0.2, -0.15) is 5.26 Å². The fourth-order valence-corrected chi connectivity index (χ4v) is 1.74. The second-order valence-corrected chi connectivity index (χ2v) is 4.13. The van der Waals surface area contributed by atoms with E-state index < -0.39 is 5.41 Å². The second kappa shape index (κ2) is 3.03. The van der Waals surface area contributed by atoms with Crippen LogP contribution >= 0.6 is 0 Å². The van der Waals surface area contributed by atoms with Crippen molar-refractivity contribution < 1.29 is 4.74 Å². The van der Waals surface area contributed by atoms with Crippen molar-refractivity contribution in [1.82, 2.24) is 14.6 Å². The summed E-state index contributed by atoms with van der Waals surface area (Å²) in [4.78, 5) is 4.39. The molecule has 0 unspecified atom stereocenters. The van der Waals surface area contributed by atoms with Crippen LogP contribution < -0.4 is 0 Å². The predicted molar refractivity (Wildman–Crippen MR) is 55.8 cm³/mol. The van der Waals surface area contributed by atoms with Crippen molar-refractivity contribution in [3.63, 3.8) is 0 Å². The number of fused-ring (bicyclic) bond motifs is 1. The highest BCUT2D eigenvalue weighted by Gasteiger charge is 2.44. The molecule has 16 heavy (non-hydrogen) atoms. The molecule has 0 atom stereocenters. The van der Waals surface area contributed by atoms with Gasteiger partial charge in [0.1, 0.15) is 0 Å². The third-order valence-corrected chi connectivity index (χ3v) is 2.83. The first-order chi connectivity index (χ1) is 7.73. The standard InChI is InChI=1S/C11H10N4O/c1-8-2-3-15-9(4-8)13-10(14-15)11(5-12)6-16-7-11/h2-4H,6-7H2,1H3. The summed E-state index contributed by atoms with van der Waals surface area (Å²) < 4.78 is 6.79. The molecule has 1 fully saturated rings. The maximum atomic E-state index is 9.15. The summed E-state index contributed by atoms with van der Waals surface area (Å²) in [5, 5.41) is 13.5. The molecular weight excluding hydrogens is 204 g/mol. The minimum Gasteiger partial charge on any atom is -0.377 e. The fraction of sp³-hybridized carbons (Fsp3) is 0.364. The molecule has 0 radical (unpaired) electrons. The maximum Gasteiger partial charge on any atom is 0.176 e. The molecule has 0 amide bonds.